The Morgan fingerprint density at radius 2 is 0.0485 bits per heavy atom. The minimum atomic E-state index is 0. The second kappa shape index (κ2) is 2410. The van der Waals surface area contributed by atoms with Gasteiger partial charge in [-0.2, -0.15) is 0 Å². The standard InChI is InChI=1S/11K.69O.2Sb.3V.18W/q11*+1;69*-2;2*+5;3*+4;;;;;;;;;;;;;;;;;;. The topological polar surface area (TPSA) is 1970 Å². The number of hydrogen-bond donors (Lipinski definition) is 0. The summed E-state index contributed by atoms with van der Waals surface area (Å²) in [6.45, 7) is 0. The Labute approximate surface area is 1390 Å². The van der Waals surface area contributed by atoms with E-state index in [0.29, 0.717) is 0 Å². The van der Waals surface area contributed by atoms with E-state index >= 15 is 0 Å². The van der Waals surface area contributed by atoms with Crippen LogP contribution in [0.2, 0.25) is 0 Å². The average molecular weight is 5240 g/mol. The first kappa shape index (κ1) is 2460. The van der Waals surface area contributed by atoms with Gasteiger partial charge in [0.05, 0.1) is 0 Å². The van der Waals surface area contributed by atoms with Crippen molar-refractivity contribution in [1.29, 1.82) is 0 Å². The van der Waals surface area contributed by atoms with Gasteiger partial charge in [0.15, 0.2) is 0 Å². The fraction of sp³-hybridized carbons (Fsp3) is 0. The molecule has 0 aromatic heterocycles. The van der Waals surface area contributed by atoms with Crippen molar-refractivity contribution in [2.45, 2.75) is 0 Å². The monoisotopic (exact) mass is 5240 g/mol. The third-order valence-corrected chi connectivity index (χ3v) is 0. The molecule has 103 heteroatoms. The van der Waals surface area contributed by atoms with Crippen molar-refractivity contribution in [3.05, 3.63) is 0 Å². The van der Waals surface area contributed by atoms with Crippen LogP contribution in [0, 0.1) is 0 Å². The molecular formula is K11O69Sb2V3W18-105. The van der Waals surface area contributed by atoms with Gasteiger partial charge in [-0.25, -0.2) is 0 Å². The van der Waals surface area contributed by atoms with E-state index in [2.05, 4.69) is 0 Å². The maximum Gasteiger partial charge on any atom is 5.00 e. The summed E-state index contributed by atoms with van der Waals surface area (Å²) in [6.07, 6.45) is 0. The van der Waals surface area contributed by atoms with E-state index < -0.39 is 0 Å². The van der Waals surface area contributed by atoms with E-state index in [9.17, 15) is 0 Å². The molecule has 0 atom stereocenters. The van der Waals surface area contributed by atoms with E-state index in [0.717, 1.165) is 0 Å². The van der Waals surface area contributed by atoms with E-state index in [1.807, 2.05) is 0 Å². The van der Waals surface area contributed by atoms with Gasteiger partial charge in [-0.1, -0.05) is 0 Å². The summed E-state index contributed by atoms with van der Waals surface area (Å²) < 4.78 is 0. The Hall–Kier alpha value is 31.0. The summed E-state index contributed by atoms with van der Waals surface area (Å²) in [5, 5.41) is 0. The quantitative estimate of drug-likeness (QED) is 0.204. The van der Waals surface area contributed by atoms with Crippen LogP contribution in [0.15, 0.2) is 0 Å². The van der Waals surface area contributed by atoms with Crippen molar-refractivity contribution >= 4 is 48.9 Å². The number of rotatable bonds is 0. The van der Waals surface area contributed by atoms with Crippen LogP contribution in [0.1, 0.15) is 0 Å². The predicted octanol–water partition coefficient (Wildman–Crippen LogP) is -42.0. The van der Waals surface area contributed by atoms with Gasteiger partial charge in [-0.05, 0) is 0 Å². The molecule has 0 aliphatic carbocycles. The molecular weight excluding hydrogens is 5240 g/mol. The van der Waals surface area contributed by atoms with Crippen LogP contribution < -0.4 is 565 Å². The van der Waals surface area contributed by atoms with Crippen molar-refractivity contribution in [2.24, 2.45) is 0 Å². The molecule has 0 spiro atoms. The van der Waals surface area contributed by atoms with Crippen molar-refractivity contribution in [3.8, 4) is 0 Å². The Kier molecular flexibility index (Phi) is 57700. The molecule has 0 aromatic rings. The van der Waals surface area contributed by atoms with E-state index in [1.165, 1.54) is 0 Å². The molecule has 0 N–H and O–H groups in total. The van der Waals surface area contributed by atoms with Crippen LogP contribution in [0.4, 0.5) is 0 Å². The molecule has 0 heterocycles. The minimum absolute atomic E-state index is 0. The summed E-state index contributed by atoms with van der Waals surface area (Å²) >= 11 is 0. The van der Waals surface area contributed by atoms with Crippen LogP contribution in [0.25, 0.3) is 0 Å². The summed E-state index contributed by atoms with van der Waals surface area (Å²) in [4.78, 5) is 0. The molecule has 0 saturated carbocycles. The molecule has 0 aliphatic rings. The van der Waals surface area contributed by atoms with Crippen LogP contribution in [0.3, 0.4) is 0 Å². The van der Waals surface area contributed by atoms with Crippen LogP contribution >= 0.6 is 0 Å². The SMILES string of the molecule is [K+].[K+].[K+].[K+].[K+].[K+].[K+].[K+].[K+].[K+].[K+].[O-2].[O-2].[O-2].[O-2].[O-2].[O-2].[O-2].[O-2].[O-2].[O-2].[O-2].[O-2].[O-2].[O-2].[O-2].[O-2].[O-2].[O-2].[O-2].[O-2].[O-2].[O-2].[O-2].[O-2].[O-2].[O-2].[O-2].[O-2].[O-2].[O-2].[O-2].[O-2].[O-2].[O-2].[O-2].[O-2].[O-2].[O-2].[O-2].[O-2].[O-2].[O-2].[O-2].[O-2].[O-2].[O-2].[O-2].[O-2].[O-2].[O-2].[O-2].[O-2].[O-2].[O-2].[O-2].[O-2].[O-2].[O-2].[O-2].[O-2].[O-2].[O-2].[O-2].[O-2].[O-2].[O-2].[O-2].[O-2].[O-2].[Sb+5].[Sb+5].[V+4].[V+4].[V+4].[W].[W].[W].[W].[W].[W].[W].[W].[W].[W].[W].[W].[W].[W].[W].[W].[W].[W]. The maximum absolute atomic E-state index is 0. The normalized spacial score (nSPS) is 0. The molecule has 0 aliphatic heterocycles. The summed E-state index contributed by atoms with van der Waals surface area (Å²) in [5.74, 6) is 0. The second-order valence-corrected chi connectivity index (χ2v) is 0. The van der Waals surface area contributed by atoms with E-state index in [-0.39, 0.29) is 1430 Å². The summed E-state index contributed by atoms with van der Waals surface area (Å²) in [7, 11) is 0. The fourth-order valence-corrected chi connectivity index (χ4v) is 0. The van der Waals surface area contributed by atoms with Gasteiger partial charge in [0.25, 0.3) is 0 Å². The molecule has 0 bridgehead atoms. The van der Waals surface area contributed by atoms with Gasteiger partial charge < -0.3 is 378 Å². The molecule has 69 nitrogen and oxygen atoms in total. The molecule has 663 valence electrons. The summed E-state index contributed by atoms with van der Waals surface area (Å²) in [6, 6.07) is 0. The molecule has 0 amide bonds. The molecule has 0 fully saturated rings. The van der Waals surface area contributed by atoms with Gasteiger partial charge >= 0.3 is 670 Å². The molecule has 3 radical (unpaired) electrons. The van der Waals surface area contributed by atoms with E-state index in [4.69, 9.17) is 0 Å². The first-order valence-electron chi connectivity index (χ1n) is 0. The minimum Gasteiger partial charge on any atom is -2.00 e. The van der Waals surface area contributed by atoms with Crippen molar-refractivity contribution in [1.82, 2.24) is 0 Å². The summed E-state index contributed by atoms with van der Waals surface area (Å²) in [5.41, 5.74) is 0. The Morgan fingerprint density at radius 1 is 0.0485 bits per heavy atom. The third-order valence-electron chi connectivity index (χ3n) is 0. The first-order valence-corrected chi connectivity index (χ1v) is 0. The van der Waals surface area contributed by atoms with Crippen LogP contribution in [0.5, 0.6) is 0 Å². The Balaban J connectivity index is 0. The van der Waals surface area contributed by atoms with Gasteiger partial charge in [-0.3, -0.25) is 0 Å². The molecule has 0 saturated heterocycles. The maximum atomic E-state index is 0. The van der Waals surface area contributed by atoms with Gasteiger partial charge in [0, 0.05) is 379 Å². The van der Waals surface area contributed by atoms with Crippen molar-refractivity contribution < 1.29 is 1380 Å². The van der Waals surface area contributed by atoms with Gasteiger partial charge in [0.1, 0.15) is 0 Å². The second-order valence-electron chi connectivity index (χ2n) is 0. The van der Waals surface area contributed by atoms with Crippen molar-refractivity contribution in [3.63, 3.8) is 0 Å². The molecule has 103 heavy (non-hydrogen) atoms. The smallest absolute Gasteiger partial charge is 2.00 e. The average Bonchev–Trinajstić information content (AvgIpc) is 0. The predicted molar refractivity (Wildman–Crippen MR) is 58.9 cm³/mol. The molecule has 0 rings (SSSR count). The Bertz CT molecular complexity index is 147. The van der Waals surface area contributed by atoms with E-state index in [1.54, 1.807) is 0 Å². The van der Waals surface area contributed by atoms with Gasteiger partial charge in [0.2, 0.25) is 0 Å². The largest absolute Gasteiger partial charge is 5.00 e. The molecule has 0 aromatic carbocycles. The third kappa shape index (κ3) is 2370. The molecule has 0 unspecified atom stereocenters. The zero-order valence-electron chi connectivity index (χ0n) is 48.8. The van der Waals surface area contributed by atoms with Gasteiger partial charge in [-0.15, -0.1) is 0 Å². The fourth-order valence-electron chi connectivity index (χ4n) is 0. The first-order chi connectivity index (χ1) is 0. The zero-order chi connectivity index (χ0) is 0. The van der Waals surface area contributed by atoms with Crippen LogP contribution in [-0.4, -0.2) is 48.9 Å². The number of hydrogen-bond acceptors (Lipinski definition) is 0. The Morgan fingerprint density at radius 3 is 0.0485 bits per heavy atom. The van der Waals surface area contributed by atoms with Crippen LogP contribution in [-0.2, 0) is 813 Å². The zero-order valence-corrected chi connectivity index (χ0v) is 145. The van der Waals surface area contributed by atoms with Crippen molar-refractivity contribution in [2.75, 3.05) is 0 Å².